The van der Waals surface area contributed by atoms with Crippen LogP contribution in [0.1, 0.15) is 32.6 Å². The van der Waals surface area contributed by atoms with Crippen molar-refractivity contribution in [1.82, 2.24) is 0 Å². The van der Waals surface area contributed by atoms with Crippen LogP contribution in [0.3, 0.4) is 0 Å². The Morgan fingerprint density at radius 3 is 2.26 bits per heavy atom. The lowest BCUT2D eigenvalue weighted by molar-refractivity contribution is 0.103. The molecule has 0 heterocycles. The van der Waals surface area contributed by atoms with Gasteiger partial charge < -0.3 is 0 Å². The molecule has 0 saturated carbocycles. The van der Waals surface area contributed by atoms with Gasteiger partial charge in [-0.1, -0.05) is 24.3 Å². The number of ketones is 1. The lowest BCUT2D eigenvalue weighted by atomic mass is 9.93. The molecule has 0 aliphatic carbocycles. The van der Waals surface area contributed by atoms with Crippen LogP contribution < -0.4 is 5.30 Å². The van der Waals surface area contributed by atoms with Crippen molar-refractivity contribution >= 4 is 19.5 Å². The Labute approximate surface area is 114 Å². The van der Waals surface area contributed by atoms with E-state index in [9.17, 15) is 9.36 Å². The third-order valence-corrected chi connectivity index (χ3v) is 4.14. The van der Waals surface area contributed by atoms with Crippen molar-refractivity contribution in [3.8, 4) is 0 Å². The Bertz CT molecular complexity index is 660. The van der Waals surface area contributed by atoms with E-state index >= 15 is 0 Å². The molecule has 0 fully saturated rings. The van der Waals surface area contributed by atoms with Gasteiger partial charge in [-0.25, -0.2) is 0 Å². The SMILES string of the molecule is Cc1ccc(C(=O)c2ccccc2P=O)c(C)c1C. The third-order valence-electron chi connectivity index (χ3n) is 3.55. The highest BCUT2D eigenvalue weighted by Gasteiger charge is 2.16. The molecule has 0 radical (unpaired) electrons. The molecule has 0 aliphatic rings. The molecule has 0 N–H and O–H groups in total. The highest BCUT2D eigenvalue weighted by Crippen LogP contribution is 2.20. The maximum Gasteiger partial charge on any atom is 0.194 e. The monoisotopic (exact) mass is 270 g/mol. The zero-order valence-electron chi connectivity index (χ0n) is 11.2. The summed E-state index contributed by atoms with van der Waals surface area (Å²) in [7, 11) is -0.126. The molecule has 0 unspecified atom stereocenters. The molecule has 2 aromatic carbocycles. The van der Waals surface area contributed by atoms with Crippen molar-refractivity contribution < 1.29 is 9.36 Å². The van der Waals surface area contributed by atoms with E-state index < -0.39 is 0 Å². The zero-order valence-corrected chi connectivity index (χ0v) is 12.1. The van der Waals surface area contributed by atoms with Crippen LogP contribution in [0.5, 0.6) is 0 Å². The first-order chi connectivity index (χ1) is 9.06. The van der Waals surface area contributed by atoms with Crippen molar-refractivity contribution in [1.29, 1.82) is 0 Å². The van der Waals surface area contributed by atoms with Crippen molar-refractivity contribution in [3.63, 3.8) is 0 Å². The molecule has 2 nitrogen and oxygen atoms in total. The first-order valence-electron chi connectivity index (χ1n) is 6.10. The quantitative estimate of drug-likeness (QED) is 0.628. The molecule has 0 amide bonds. The Kier molecular flexibility index (Phi) is 3.92. The Morgan fingerprint density at radius 2 is 1.58 bits per heavy atom. The molecule has 3 heteroatoms. The standard InChI is InChI=1S/C16H15O2P/c1-10-8-9-13(12(3)11(10)2)16(17)14-6-4-5-7-15(14)19-18/h4-9H,1-3H3. The first kappa shape index (κ1) is 13.6. The fourth-order valence-electron chi connectivity index (χ4n) is 2.09. The highest BCUT2D eigenvalue weighted by molar-refractivity contribution is 7.34. The Hall–Kier alpha value is -1.79. The lowest BCUT2D eigenvalue weighted by Gasteiger charge is -2.11. The summed E-state index contributed by atoms with van der Waals surface area (Å²) < 4.78 is 11.1. The second-order valence-electron chi connectivity index (χ2n) is 4.62. The number of carbonyl (C=O) groups is 1. The minimum Gasteiger partial charge on any atom is -0.289 e. The van der Waals surface area contributed by atoms with Gasteiger partial charge >= 0.3 is 0 Å². The Balaban J connectivity index is 2.57. The molecule has 96 valence electrons. The van der Waals surface area contributed by atoms with Crippen LogP contribution in [0.25, 0.3) is 0 Å². The summed E-state index contributed by atoms with van der Waals surface area (Å²) >= 11 is 0. The summed E-state index contributed by atoms with van der Waals surface area (Å²) in [5.41, 5.74) is 4.47. The summed E-state index contributed by atoms with van der Waals surface area (Å²) in [5.74, 6) is -0.0699. The van der Waals surface area contributed by atoms with Gasteiger partial charge in [0, 0.05) is 11.1 Å². The molecule has 0 saturated heterocycles. The molecule has 0 aromatic heterocycles. The molecule has 0 aliphatic heterocycles. The van der Waals surface area contributed by atoms with E-state index in [1.54, 1.807) is 24.3 Å². The van der Waals surface area contributed by atoms with Gasteiger partial charge in [0.2, 0.25) is 0 Å². The smallest absolute Gasteiger partial charge is 0.194 e. The van der Waals surface area contributed by atoms with Crippen LogP contribution in [0, 0.1) is 20.8 Å². The van der Waals surface area contributed by atoms with E-state index in [4.69, 9.17) is 0 Å². The van der Waals surface area contributed by atoms with E-state index in [0.717, 1.165) is 11.1 Å². The molecule has 2 aromatic rings. The Morgan fingerprint density at radius 1 is 0.895 bits per heavy atom. The lowest BCUT2D eigenvalue weighted by Crippen LogP contribution is -2.13. The van der Waals surface area contributed by atoms with E-state index in [2.05, 4.69) is 0 Å². The fraction of sp³-hybridized carbons (Fsp3) is 0.188. The first-order valence-corrected chi connectivity index (χ1v) is 6.91. The second kappa shape index (κ2) is 5.46. The predicted molar refractivity (Wildman–Crippen MR) is 77.8 cm³/mol. The molecule has 2 rings (SSSR count). The van der Waals surface area contributed by atoms with Crippen LogP contribution in [0.15, 0.2) is 36.4 Å². The van der Waals surface area contributed by atoms with Crippen molar-refractivity contribution in [2.75, 3.05) is 0 Å². The maximum absolute atomic E-state index is 12.6. The summed E-state index contributed by atoms with van der Waals surface area (Å²) in [6.45, 7) is 5.99. The molecular weight excluding hydrogens is 255 g/mol. The number of hydrogen-bond acceptors (Lipinski definition) is 2. The van der Waals surface area contributed by atoms with Crippen LogP contribution in [0.4, 0.5) is 0 Å². The molecule has 0 bridgehead atoms. The van der Waals surface area contributed by atoms with Crippen molar-refractivity contribution in [2.24, 2.45) is 0 Å². The zero-order chi connectivity index (χ0) is 14.0. The van der Waals surface area contributed by atoms with Gasteiger partial charge in [0.1, 0.15) is 0 Å². The van der Waals surface area contributed by atoms with E-state index in [0.29, 0.717) is 16.4 Å². The summed E-state index contributed by atoms with van der Waals surface area (Å²) in [6, 6.07) is 10.8. The average Bonchev–Trinajstić information content (AvgIpc) is 2.44. The van der Waals surface area contributed by atoms with Crippen LogP contribution in [0.2, 0.25) is 0 Å². The van der Waals surface area contributed by atoms with Crippen LogP contribution in [-0.2, 0) is 4.57 Å². The van der Waals surface area contributed by atoms with Gasteiger partial charge in [-0.3, -0.25) is 9.36 Å². The van der Waals surface area contributed by atoms with E-state index in [-0.39, 0.29) is 14.2 Å². The minimum absolute atomic E-state index is 0.0699. The number of hydrogen-bond donors (Lipinski definition) is 0. The van der Waals surface area contributed by atoms with Crippen molar-refractivity contribution in [2.45, 2.75) is 20.8 Å². The number of rotatable bonds is 3. The van der Waals surface area contributed by atoms with Crippen LogP contribution >= 0.6 is 8.46 Å². The normalized spacial score (nSPS) is 10.7. The number of aryl methyl sites for hydroxylation is 1. The predicted octanol–water partition coefficient (Wildman–Crippen LogP) is 3.76. The molecule has 0 spiro atoms. The molecular formula is C16H15O2P. The largest absolute Gasteiger partial charge is 0.289 e. The summed E-state index contributed by atoms with van der Waals surface area (Å²) in [5, 5.41) is 0.533. The summed E-state index contributed by atoms with van der Waals surface area (Å²) in [4.78, 5) is 12.6. The van der Waals surface area contributed by atoms with Gasteiger partial charge in [-0.15, -0.1) is 0 Å². The van der Waals surface area contributed by atoms with Gasteiger partial charge in [0.15, 0.2) is 14.2 Å². The van der Waals surface area contributed by atoms with Crippen LogP contribution in [-0.4, -0.2) is 5.78 Å². The highest BCUT2D eigenvalue weighted by atomic mass is 31.1. The average molecular weight is 270 g/mol. The number of benzene rings is 2. The van der Waals surface area contributed by atoms with Gasteiger partial charge in [0.05, 0.1) is 5.30 Å². The summed E-state index contributed by atoms with van der Waals surface area (Å²) in [6.07, 6.45) is 0. The van der Waals surface area contributed by atoms with Gasteiger partial charge in [-0.05, 0) is 49.6 Å². The third kappa shape index (κ3) is 2.50. The second-order valence-corrected chi connectivity index (χ2v) is 5.28. The van der Waals surface area contributed by atoms with E-state index in [1.165, 1.54) is 5.56 Å². The minimum atomic E-state index is -0.126. The van der Waals surface area contributed by atoms with E-state index in [1.807, 2.05) is 32.9 Å². The van der Waals surface area contributed by atoms with Gasteiger partial charge in [-0.2, -0.15) is 0 Å². The fourth-order valence-corrected chi connectivity index (χ4v) is 2.51. The number of carbonyl (C=O) groups excluding carboxylic acids is 1. The topological polar surface area (TPSA) is 34.1 Å². The molecule has 19 heavy (non-hydrogen) atoms. The van der Waals surface area contributed by atoms with Gasteiger partial charge in [0.25, 0.3) is 0 Å². The molecule has 0 atom stereocenters. The maximum atomic E-state index is 12.6. The van der Waals surface area contributed by atoms with Crippen molar-refractivity contribution in [3.05, 3.63) is 64.2 Å².